The van der Waals surface area contributed by atoms with E-state index in [9.17, 15) is 0 Å². The van der Waals surface area contributed by atoms with Crippen LogP contribution in [0.2, 0.25) is 0 Å². The molecule has 1 fully saturated rings. The normalized spacial score (nSPS) is 22.7. The van der Waals surface area contributed by atoms with Crippen LogP contribution in [0.1, 0.15) is 30.6 Å². The predicted octanol–water partition coefficient (Wildman–Crippen LogP) is 2.61. The third-order valence-electron chi connectivity index (χ3n) is 3.56. The maximum atomic E-state index is 6.27. The second-order valence-corrected chi connectivity index (χ2v) is 5.66. The van der Waals surface area contributed by atoms with Crippen LogP contribution in [-0.4, -0.2) is 39.6 Å². The topological polar surface area (TPSA) is 34.0 Å². The van der Waals surface area contributed by atoms with Crippen LogP contribution in [0.5, 0.6) is 0 Å². The van der Waals surface area contributed by atoms with Crippen molar-refractivity contribution in [3.63, 3.8) is 0 Å². The second kappa shape index (κ2) is 4.52. The Morgan fingerprint density at radius 1 is 1.50 bits per heavy atom. The van der Waals surface area contributed by atoms with Gasteiger partial charge in [0.15, 0.2) is 5.65 Å². The van der Waals surface area contributed by atoms with Crippen LogP contribution >= 0.6 is 11.6 Å². The molecule has 2 aromatic heterocycles. The minimum Gasteiger partial charge on any atom is -0.307 e. The number of halogens is 1. The van der Waals surface area contributed by atoms with Crippen LogP contribution in [0.3, 0.4) is 0 Å². The van der Waals surface area contributed by atoms with Gasteiger partial charge in [0.2, 0.25) is 0 Å². The molecule has 4 nitrogen and oxygen atoms in total. The molecule has 96 valence electrons. The minimum atomic E-state index is -0.0925. The zero-order valence-corrected chi connectivity index (χ0v) is 11.4. The first-order valence-electron chi connectivity index (χ1n) is 6.32. The summed E-state index contributed by atoms with van der Waals surface area (Å²) in [4.78, 5) is 11.4. The molecule has 0 spiro atoms. The summed E-state index contributed by atoms with van der Waals surface area (Å²) < 4.78 is 2.23. The lowest BCUT2D eigenvalue weighted by Gasteiger charge is -2.17. The number of likely N-dealkylation sites (tertiary alicyclic amines) is 1. The van der Waals surface area contributed by atoms with E-state index in [4.69, 9.17) is 11.6 Å². The number of imidazole rings is 1. The van der Waals surface area contributed by atoms with Gasteiger partial charge >= 0.3 is 0 Å². The first kappa shape index (κ1) is 11.9. The maximum Gasteiger partial charge on any atom is 0.160 e. The van der Waals surface area contributed by atoms with E-state index < -0.39 is 0 Å². The van der Waals surface area contributed by atoms with Crippen LogP contribution in [-0.2, 0) is 0 Å². The number of hydrogen-bond donors (Lipinski definition) is 0. The quantitative estimate of drug-likeness (QED) is 0.782. The standard InChI is InChI=1S/C13H17ClN4/c1-9(14)12-16-11-4-3-6-15-13(11)18(12)10-5-7-17(2)8-10/h3-4,6,9-10H,5,7-8H2,1-2H3. The van der Waals surface area contributed by atoms with Gasteiger partial charge in [0.25, 0.3) is 0 Å². The summed E-state index contributed by atoms with van der Waals surface area (Å²) >= 11 is 6.27. The highest BCUT2D eigenvalue weighted by Gasteiger charge is 2.27. The summed E-state index contributed by atoms with van der Waals surface area (Å²) in [6.45, 7) is 4.13. The van der Waals surface area contributed by atoms with Gasteiger partial charge in [-0.3, -0.25) is 0 Å². The van der Waals surface area contributed by atoms with Crippen molar-refractivity contribution in [1.82, 2.24) is 19.4 Å². The number of aromatic nitrogens is 3. The molecular weight excluding hydrogens is 248 g/mol. The molecule has 0 aliphatic carbocycles. The maximum absolute atomic E-state index is 6.27. The predicted molar refractivity (Wildman–Crippen MR) is 72.9 cm³/mol. The number of pyridine rings is 1. The first-order valence-corrected chi connectivity index (χ1v) is 6.76. The molecule has 1 aliphatic heterocycles. The molecule has 0 amide bonds. The monoisotopic (exact) mass is 264 g/mol. The van der Waals surface area contributed by atoms with Crippen LogP contribution in [0.15, 0.2) is 18.3 Å². The Bertz CT molecular complexity index is 563. The molecule has 1 aliphatic rings. The Morgan fingerprint density at radius 3 is 3.00 bits per heavy atom. The molecule has 3 rings (SSSR count). The van der Waals surface area contributed by atoms with E-state index in [1.54, 1.807) is 0 Å². The molecule has 2 atom stereocenters. The third kappa shape index (κ3) is 1.89. The largest absolute Gasteiger partial charge is 0.307 e. The van der Waals surface area contributed by atoms with E-state index in [1.165, 1.54) is 0 Å². The lowest BCUT2D eigenvalue weighted by Crippen LogP contribution is -2.18. The molecule has 0 saturated carbocycles. The molecule has 18 heavy (non-hydrogen) atoms. The fraction of sp³-hybridized carbons (Fsp3) is 0.538. The van der Waals surface area contributed by atoms with Crippen molar-refractivity contribution in [2.75, 3.05) is 20.1 Å². The van der Waals surface area contributed by atoms with E-state index in [0.717, 1.165) is 36.5 Å². The Balaban J connectivity index is 2.15. The molecule has 0 N–H and O–H groups in total. The molecule has 3 heterocycles. The van der Waals surface area contributed by atoms with E-state index in [1.807, 2.05) is 25.3 Å². The number of rotatable bonds is 2. The zero-order chi connectivity index (χ0) is 12.7. The van der Waals surface area contributed by atoms with Crippen molar-refractivity contribution in [3.05, 3.63) is 24.2 Å². The molecule has 1 saturated heterocycles. The fourth-order valence-electron chi connectivity index (χ4n) is 2.71. The number of hydrogen-bond acceptors (Lipinski definition) is 3. The highest BCUT2D eigenvalue weighted by molar-refractivity contribution is 6.20. The Labute approximate surface area is 112 Å². The van der Waals surface area contributed by atoms with Gasteiger partial charge in [-0.1, -0.05) is 0 Å². The Morgan fingerprint density at radius 2 is 2.33 bits per heavy atom. The van der Waals surface area contributed by atoms with Crippen molar-refractivity contribution >= 4 is 22.8 Å². The van der Waals surface area contributed by atoms with Gasteiger partial charge < -0.3 is 9.47 Å². The summed E-state index contributed by atoms with van der Waals surface area (Å²) in [5.41, 5.74) is 1.90. The van der Waals surface area contributed by atoms with Gasteiger partial charge in [-0.25, -0.2) is 9.97 Å². The number of likely N-dealkylation sites (N-methyl/N-ethyl adjacent to an activating group) is 1. The van der Waals surface area contributed by atoms with Crippen molar-refractivity contribution in [2.24, 2.45) is 0 Å². The molecule has 0 bridgehead atoms. The fourth-order valence-corrected chi connectivity index (χ4v) is 2.86. The molecular formula is C13H17ClN4. The summed E-state index contributed by atoms with van der Waals surface area (Å²) in [7, 11) is 2.15. The van der Waals surface area contributed by atoms with Crippen molar-refractivity contribution < 1.29 is 0 Å². The van der Waals surface area contributed by atoms with Gasteiger partial charge in [0, 0.05) is 12.7 Å². The molecule has 0 aromatic carbocycles. The number of alkyl halides is 1. The van der Waals surface area contributed by atoms with E-state index in [-0.39, 0.29) is 5.38 Å². The van der Waals surface area contributed by atoms with Gasteiger partial charge in [-0.15, -0.1) is 11.6 Å². The molecule has 0 radical (unpaired) electrons. The SMILES string of the molecule is CC(Cl)c1nc2cccnc2n1C1CCN(C)C1. The molecule has 2 unspecified atom stereocenters. The lowest BCUT2D eigenvalue weighted by atomic mass is 10.2. The average Bonchev–Trinajstić information content (AvgIpc) is 2.92. The number of nitrogens with zero attached hydrogens (tertiary/aromatic N) is 4. The number of fused-ring (bicyclic) bond motifs is 1. The van der Waals surface area contributed by atoms with Crippen molar-refractivity contribution in [3.8, 4) is 0 Å². The van der Waals surface area contributed by atoms with Crippen molar-refractivity contribution in [2.45, 2.75) is 24.8 Å². The summed E-state index contributed by atoms with van der Waals surface area (Å²) in [5, 5.41) is -0.0925. The zero-order valence-electron chi connectivity index (χ0n) is 10.7. The van der Waals surface area contributed by atoms with Crippen LogP contribution < -0.4 is 0 Å². The van der Waals surface area contributed by atoms with Gasteiger partial charge in [0.1, 0.15) is 11.3 Å². The summed E-state index contributed by atoms with van der Waals surface area (Å²) in [5.74, 6) is 0.936. The van der Waals surface area contributed by atoms with Gasteiger partial charge in [-0.05, 0) is 39.1 Å². The highest BCUT2D eigenvalue weighted by Crippen LogP contribution is 2.30. The van der Waals surface area contributed by atoms with Crippen LogP contribution in [0, 0.1) is 0 Å². The third-order valence-corrected chi connectivity index (χ3v) is 3.76. The smallest absolute Gasteiger partial charge is 0.160 e. The van der Waals surface area contributed by atoms with E-state index in [0.29, 0.717) is 6.04 Å². The summed E-state index contributed by atoms with van der Waals surface area (Å²) in [6, 6.07) is 4.36. The van der Waals surface area contributed by atoms with Crippen LogP contribution in [0.4, 0.5) is 0 Å². The Hall–Kier alpha value is -1.13. The van der Waals surface area contributed by atoms with Gasteiger partial charge in [0.05, 0.1) is 11.4 Å². The van der Waals surface area contributed by atoms with Gasteiger partial charge in [-0.2, -0.15) is 0 Å². The summed E-state index contributed by atoms with van der Waals surface area (Å²) in [6.07, 6.45) is 2.96. The van der Waals surface area contributed by atoms with E-state index in [2.05, 4.69) is 26.5 Å². The average molecular weight is 265 g/mol. The van der Waals surface area contributed by atoms with Crippen molar-refractivity contribution in [1.29, 1.82) is 0 Å². The minimum absolute atomic E-state index is 0.0925. The molecule has 5 heteroatoms. The second-order valence-electron chi connectivity index (χ2n) is 5.01. The van der Waals surface area contributed by atoms with Crippen LogP contribution in [0.25, 0.3) is 11.2 Å². The Kier molecular flexibility index (Phi) is 2.99. The highest BCUT2D eigenvalue weighted by atomic mass is 35.5. The first-order chi connectivity index (χ1) is 8.66. The molecule has 2 aromatic rings. The lowest BCUT2D eigenvalue weighted by molar-refractivity contribution is 0.391. The van der Waals surface area contributed by atoms with E-state index >= 15 is 0 Å².